The van der Waals surface area contributed by atoms with Gasteiger partial charge in [0.15, 0.2) is 5.16 Å². The molecule has 5 heteroatoms. The monoisotopic (exact) mass is 265 g/mol. The Morgan fingerprint density at radius 3 is 2.83 bits per heavy atom. The lowest BCUT2D eigenvalue weighted by Crippen LogP contribution is -2.13. The second kappa shape index (κ2) is 5.54. The average Bonchev–Trinajstić information content (AvgIpc) is 2.85. The smallest absolute Gasteiger partial charge is 0.170 e. The highest BCUT2D eigenvalue weighted by atomic mass is 32.2. The third-order valence-electron chi connectivity index (χ3n) is 2.87. The number of rotatable bonds is 4. The van der Waals surface area contributed by atoms with E-state index in [2.05, 4.69) is 15.3 Å². The van der Waals surface area contributed by atoms with Gasteiger partial charge < -0.3 is 10.3 Å². The van der Waals surface area contributed by atoms with Gasteiger partial charge in [-0.3, -0.25) is 0 Å². The van der Waals surface area contributed by atoms with Crippen LogP contribution in [0.4, 0.5) is 4.39 Å². The van der Waals surface area contributed by atoms with E-state index in [1.165, 1.54) is 11.8 Å². The van der Waals surface area contributed by atoms with Gasteiger partial charge in [-0.2, -0.15) is 0 Å². The number of nitrogens with zero attached hydrogens (tertiary/aromatic N) is 1. The largest absolute Gasteiger partial charge is 0.339 e. The molecule has 1 atom stereocenters. The molecule has 2 N–H and O–H groups in total. The topological polar surface area (TPSA) is 40.7 Å². The summed E-state index contributed by atoms with van der Waals surface area (Å²) in [6.45, 7) is 3.78. The van der Waals surface area contributed by atoms with E-state index in [9.17, 15) is 4.39 Å². The number of nitrogens with one attached hydrogen (secondary N) is 2. The summed E-state index contributed by atoms with van der Waals surface area (Å²) < 4.78 is 13.7. The molecule has 0 spiro atoms. The summed E-state index contributed by atoms with van der Waals surface area (Å²) in [5, 5.41) is 3.95. The van der Waals surface area contributed by atoms with Gasteiger partial charge >= 0.3 is 0 Å². The minimum absolute atomic E-state index is 0.0950. The number of H-pyrrole nitrogens is 1. The van der Waals surface area contributed by atoms with Gasteiger partial charge in [-0.25, -0.2) is 9.37 Å². The molecule has 0 saturated heterocycles. The molecule has 0 aliphatic heterocycles. The van der Waals surface area contributed by atoms with Gasteiger partial charge in [0.2, 0.25) is 0 Å². The molecule has 0 bridgehead atoms. The third kappa shape index (κ3) is 2.73. The van der Waals surface area contributed by atoms with Crippen molar-refractivity contribution in [2.45, 2.75) is 29.9 Å². The Morgan fingerprint density at radius 2 is 2.22 bits per heavy atom. The molecule has 0 radical (unpaired) electrons. The molecule has 1 aromatic heterocycles. The molecule has 2 aromatic rings. The van der Waals surface area contributed by atoms with Gasteiger partial charge in [0.25, 0.3) is 0 Å². The molecular formula is C13H16FN3S. The molecule has 0 amide bonds. The van der Waals surface area contributed by atoms with E-state index >= 15 is 0 Å². The van der Waals surface area contributed by atoms with Gasteiger partial charge in [-0.1, -0.05) is 11.8 Å². The van der Waals surface area contributed by atoms with Gasteiger partial charge in [0.1, 0.15) is 5.82 Å². The van der Waals surface area contributed by atoms with Gasteiger partial charge in [-0.05, 0) is 44.2 Å². The number of aromatic amines is 1. The summed E-state index contributed by atoms with van der Waals surface area (Å²) in [6, 6.07) is 3.56. The predicted molar refractivity (Wildman–Crippen MR) is 71.3 cm³/mol. The Hall–Kier alpha value is -1.33. The zero-order chi connectivity index (χ0) is 13.1. The summed E-state index contributed by atoms with van der Waals surface area (Å²) in [7, 11) is 1.86. The van der Waals surface area contributed by atoms with Crippen molar-refractivity contribution in [3.05, 3.63) is 41.5 Å². The zero-order valence-electron chi connectivity index (χ0n) is 10.6. The van der Waals surface area contributed by atoms with Gasteiger partial charge in [0.05, 0.1) is 0 Å². The highest BCUT2D eigenvalue weighted by Crippen LogP contribution is 2.33. The lowest BCUT2D eigenvalue weighted by molar-refractivity contribution is 0.594. The van der Waals surface area contributed by atoms with Crippen LogP contribution in [0.2, 0.25) is 0 Å². The maximum absolute atomic E-state index is 13.7. The summed E-state index contributed by atoms with van der Waals surface area (Å²) in [5.74, 6) is -0.170. The van der Waals surface area contributed by atoms with Crippen LogP contribution >= 0.6 is 11.8 Å². The van der Waals surface area contributed by atoms with Crippen LogP contribution < -0.4 is 5.32 Å². The summed E-state index contributed by atoms with van der Waals surface area (Å²) in [4.78, 5) is 8.24. The first-order valence-corrected chi connectivity index (χ1v) is 6.58. The average molecular weight is 265 g/mol. The van der Waals surface area contributed by atoms with Gasteiger partial charge in [-0.15, -0.1) is 0 Å². The van der Waals surface area contributed by atoms with E-state index in [0.717, 1.165) is 15.6 Å². The van der Waals surface area contributed by atoms with E-state index in [-0.39, 0.29) is 11.9 Å². The Kier molecular flexibility index (Phi) is 4.04. The Morgan fingerprint density at radius 1 is 1.44 bits per heavy atom. The second-order valence-corrected chi connectivity index (χ2v) is 5.18. The van der Waals surface area contributed by atoms with Crippen molar-refractivity contribution in [3.63, 3.8) is 0 Å². The molecule has 1 heterocycles. The van der Waals surface area contributed by atoms with Crippen LogP contribution in [0.5, 0.6) is 0 Å². The molecular weight excluding hydrogens is 249 g/mol. The fourth-order valence-corrected chi connectivity index (χ4v) is 2.70. The first-order chi connectivity index (χ1) is 8.61. The SMILES string of the molecule is CNC(C)c1cc(F)c(C)cc1Sc1ncc[nH]1. The molecule has 96 valence electrons. The lowest BCUT2D eigenvalue weighted by Gasteiger charge is -2.16. The molecule has 3 nitrogen and oxygen atoms in total. The summed E-state index contributed by atoms with van der Waals surface area (Å²) >= 11 is 1.51. The van der Waals surface area contributed by atoms with Crippen molar-refractivity contribution >= 4 is 11.8 Å². The number of halogens is 1. The van der Waals surface area contributed by atoms with Crippen molar-refractivity contribution in [1.29, 1.82) is 0 Å². The second-order valence-electron chi connectivity index (χ2n) is 4.15. The molecule has 0 fully saturated rings. The number of hydrogen-bond donors (Lipinski definition) is 2. The maximum atomic E-state index is 13.7. The fourth-order valence-electron chi connectivity index (χ4n) is 1.66. The number of benzene rings is 1. The van der Waals surface area contributed by atoms with Crippen LogP contribution in [0.1, 0.15) is 24.1 Å². The number of hydrogen-bond acceptors (Lipinski definition) is 3. The molecule has 18 heavy (non-hydrogen) atoms. The molecule has 0 aliphatic carbocycles. The molecule has 0 aliphatic rings. The summed E-state index contributed by atoms with van der Waals surface area (Å²) in [6.07, 6.45) is 3.49. The van der Waals surface area contributed by atoms with Crippen LogP contribution in [-0.2, 0) is 0 Å². The molecule has 2 rings (SSSR count). The first-order valence-electron chi connectivity index (χ1n) is 5.76. The van der Waals surface area contributed by atoms with E-state index < -0.39 is 0 Å². The lowest BCUT2D eigenvalue weighted by atomic mass is 10.1. The van der Waals surface area contributed by atoms with E-state index in [4.69, 9.17) is 0 Å². The Balaban J connectivity index is 2.40. The van der Waals surface area contributed by atoms with Crippen LogP contribution in [0.25, 0.3) is 0 Å². The zero-order valence-corrected chi connectivity index (χ0v) is 11.4. The maximum Gasteiger partial charge on any atom is 0.170 e. The minimum Gasteiger partial charge on any atom is -0.339 e. The highest BCUT2D eigenvalue weighted by molar-refractivity contribution is 7.99. The standard InChI is InChI=1S/C13H16FN3S/c1-8-6-12(18-13-16-4-5-17-13)10(7-11(8)14)9(2)15-3/h4-7,9,15H,1-3H3,(H,16,17). The molecule has 1 unspecified atom stereocenters. The Bertz CT molecular complexity index is 525. The van der Waals surface area contributed by atoms with Gasteiger partial charge in [0, 0.05) is 23.3 Å². The van der Waals surface area contributed by atoms with Crippen molar-refractivity contribution in [2.75, 3.05) is 7.05 Å². The predicted octanol–water partition coefficient (Wildman–Crippen LogP) is 3.29. The van der Waals surface area contributed by atoms with Crippen molar-refractivity contribution < 1.29 is 4.39 Å². The normalized spacial score (nSPS) is 12.7. The Labute approximate surface area is 110 Å². The fraction of sp³-hybridized carbons (Fsp3) is 0.308. The van der Waals surface area contributed by atoms with Crippen LogP contribution in [0, 0.1) is 12.7 Å². The van der Waals surface area contributed by atoms with Crippen molar-refractivity contribution in [1.82, 2.24) is 15.3 Å². The summed E-state index contributed by atoms with van der Waals surface area (Å²) in [5.41, 5.74) is 1.60. The third-order valence-corrected chi connectivity index (χ3v) is 3.86. The van der Waals surface area contributed by atoms with E-state index in [1.54, 1.807) is 25.4 Å². The highest BCUT2D eigenvalue weighted by Gasteiger charge is 2.14. The van der Waals surface area contributed by atoms with E-state index in [0.29, 0.717) is 5.56 Å². The van der Waals surface area contributed by atoms with Crippen LogP contribution in [0.15, 0.2) is 34.6 Å². The van der Waals surface area contributed by atoms with Crippen LogP contribution in [-0.4, -0.2) is 17.0 Å². The quantitative estimate of drug-likeness (QED) is 0.891. The van der Waals surface area contributed by atoms with Crippen molar-refractivity contribution in [2.24, 2.45) is 0 Å². The first kappa shape index (κ1) is 13.1. The minimum atomic E-state index is -0.170. The number of imidazole rings is 1. The molecule has 1 aromatic carbocycles. The van der Waals surface area contributed by atoms with E-state index in [1.807, 2.05) is 20.0 Å². The number of aromatic nitrogens is 2. The van der Waals surface area contributed by atoms with Crippen LogP contribution in [0.3, 0.4) is 0 Å². The number of aryl methyl sites for hydroxylation is 1. The van der Waals surface area contributed by atoms with Crippen molar-refractivity contribution in [3.8, 4) is 0 Å². The molecule has 0 saturated carbocycles.